The molecule has 6 heteroatoms. The van der Waals surface area contributed by atoms with Crippen molar-refractivity contribution in [3.05, 3.63) is 22.2 Å². The molecule has 0 aliphatic rings. The third-order valence-electron chi connectivity index (χ3n) is 1.15. The molecule has 0 saturated heterocycles. The Morgan fingerprint density at radius 1 is 1.42 bits per heavy atom. The molecule has 0 atom stereocenters. The van der Waals surface area contributed by atoms with Gasteiger partial charge in [0.05, 0.1) is 0 Å². The largest absolute Gasteiger partial charge is 0.502 e. The second kappa shape index (κ2) is 2.57. The van der Waals surface area contributed by atoms with Gasteiger partial charge in [-0.05, 0) is 0 Å². The molecule has 1 aromatic rings. The van der Waals surface area contributed by atoms with Gasteiger partial charge in [-0.3, -0.25) is 4.79 Å². The first-order valence-electron chi connectivity index (χ1n) is 2.81. The van der Waals surface area contributed by atoms with Crippen molar-refractivity contribution in [2.24, 2.45) is 0 Å². The Bertz CT molecular complexity index is 376. The van der Waals surface area contributed by atoms with Crippen LogP contribution in [-0.4, -0.2) is 21.3 Å². The number of aromatic hydroxyl groups is 2. The Morgan fingerprint density at radius 3 is 2.50 bits per heavy atom. The molecule has 0 radical (unpaired) electrons. The van der Waals surface area contributed by atoms with Crippen molar-refractivity contribution >= 4 is 5.97 Å². The van der Waals surface area contributed by atoms with Crippen molar-refractivity contribution in [3.8, 4) is 11.5 Å². The molecule has 0 saturated carbocycles. The van der Waals surface area contributed by atoms with E-state index in [1.54, 1.807) is 0 Å². The molecule has 64 valence electrons. The van der Waals surface area contributed by atoms with Crippen molar-refractivity contribution in [1.82, 2.24) is 0 Å². The van der Waals surface area contributed by atoms with E-state index in [-0.39, 0.29) is 0 Å². The number of hydrogen-bond acceptors (Lipinski definition) is 5. The summed E-state index contributed by atoms with van der Waals surface area (Å²) in [6.45, 7) is 0. The molecular weight excluding hydrogens is 168 g/mol. The lowest BCUT2D eigenvalue weighted by Gasteiger charge is -1.96. The number of carboxylic acid groups (broad SMARTS) is 1. The summed E-state index contributed by atoms with van der Waals surface area (Å²) in [5, 5.41) is 25.8. The number of rotatable bonds is 1. The molecule has 1 aromatic heterocycles. The first-order valence-corrected chi connectivity index (χ1v) is 2.81. The van der Waals surface area contributed by atoms with Gasteiger partial charge in [-0.1, -0.05) is 0 Å². The number of aromatic carboxylic acids is 1. The van der Waals surface area contributed by atoms with Crippen molar-refractivity contribution < 1.29 is 24.5 Å². The second-order valence-electron chi connectivity index (χ2n) is 1.93. The SMILES string of the molecule is O=C(O)c1occ(O)c(=O)c1O. The highest BCUT2D eigenvalue weighted by Crippen LogP contribution is 2.14. The molecule has 0 aliphatic heterocycles. The number of hydrogen-bond donors (Lipinski definition) is 3. The molecular formula is C6H4O6. The first-order chi connectivity index (χ1) is 5.54. The fraction of sp³-hybridized carbons (Fsp3) is 0. The highest BCUT2D eigenvalue weighted by atomic mass is 16.4. The molecule has 0 amide bonds. The van der Waals surface area contributed by atoms with Crippen LogP contribution in [0, 0.1) is 0 Å². The van der Waals surface area contributed by atoms with Crippen molar-refractivity contribution in [2.75, 3.05) is 0 Å². The summed E-state index contributed by atoms with van der Waals surface area (Å²) in [6.07, 6.45) is 0.547. The van der Waals surface area contributed by atoms with Gasteiger partial charge in [-0.25, -0.2) is 4.79 Å². The molecule has 1 heterocycles. The lowest BCUT2D eigenvalue weighted by atomic mass is 10.3. The van der Waals surface area contributed by atoms with E-state index in [2.05, 4.69) is 4.42 Å². The van der Waals surface area contributed by atoms with Crippen molar-refractivity contribution in [3.63, 3.8) is 0 Å². The van der Waals surface area contributed by atoms with E-state index in [0.29, 0.717) is 6.26 Å². The van der Waals surface area contributed by atoms with Crippen molar-refractivity contribution in [1.29, 1.82) is 0 Å². The number of carbonyl (C=O) groups is 1. The fourth-order valence-electron chi connectivity index (χ4n) is 0.600. The van der Waals surface area contributed by atoms with Gasteiger partial charge in [-0.2, -0.15) is 0 Å². The first kappa shape index (κ1) is 8.12. The molecule has 0 bridgehead atoms. The zero-order valence-corrected chi connectivity index (χ0v) is 5.64. The van der Waals surface area contributed by atoms with E-state index in [1.807, 2.05) is 0 Å². The van der Waals surface area contributed by atoms with Gasteiger partial charge in [-0.15, -0.1) is 0 Å². The average Bonchev–Trinajstić information content (AvgIpc) is 2.00. The molecule has 0 aromatic carbocycles. The minimum atomic E-state index is -1.58. The van der Waals surface area contributed by atoms with Crippen molar-refractivity contribution in [2.45, 2.75) is 0 Å². The predicted octanol–water partition coefficient (Wildman–Crippen LogP) is -0.251. The second-order valence-corrected chi connectivity index (χ2v) is 1.93. The highest BCUT2D eigenvalue weighted by Gasteiger charge is 2.17. The summed E-state index contributed by atoms with van der Waals surface area (Å²) >= 11 is 0. The van der Waals surface area contributed by atoms with Gasteiger partial charge in [0.1, 0.15) is 6.26 Å². The van der Waals surface area contributed by atoms with Crippen LogP contribution in [0.3, 0.4) is 0 Å². The molecule has 12 heavy (non-hydrogen) atoms. The summed E-state index contributed by atoms with van der Waals surface area (Å²) in [7, 11) is 0. The maximum atomic E-state index is 10.7. The highest BCUT2D eigenvalue weighted by molar-refractivity contribution is 5.87. The predicted molar refractivity (Wildman–Crippen MR) is 35.3 cm³/mol. The minimum absolute atomic E-state index is 0.547. The standard InChI is InChI=1S/C6H4O6/c7-2-1-12-5(6(10)11)4(9)3(2)8/h1,7,9H,(H,10,11). The third-order valence-corrected chi connectivity index (χ3v) is 1.15. The number of carboxylic acids is 1. The van der Waals surface area contributed by atoms with Crippen LogP contribution < -0.4 is 5.43 Å². The van der Waals surface area contributed by atoms with Crippen LogP contribution >= 0.6 is 0 Å². The molecule has 0 unspecified atom stereocenters. The zero-order valence-electron chi connectivity index (χ0n) is 5.64. The van der Waals surface area contributed by atoms with Gasteiger partial charge < -0.3 is 19.7 Å². The normalized spacial score (nSPS) is 9.67. The molecule has 0 fully saturated rings. The zero-order chi connectivity index (χ0) is 9.30. The lowest BCUT2D eigenvalue weighted by molar-refractivity contribution is 0.0653. The summed E-state index contributed by atoms with van der Waals surface area (Å²) in [5.41, 5.74) is -1.17. The van der Waals surface area contributed by atoms with E-state index >= 15 is 0 Å². The van der Waals surface area contributed by atoms with Crippen LogP contribution in [0.25, 0.3) is 0 Å². The van der Waals surface area contributed by atoms with Crippen LogP contribution in [0.15, 0.2) is 15.5 Å². The summed E-state index contributed by atoms with van der Waals surface area (Å²) in [4.78, 5) is 20.9. The van der Waals surface area contributed by atoms with E-state index in [4.69, 9.17) is 15.3 Å². The smallest absolute Gasteiger partial charge is 0.375 e. The van der Waals surface area contributed by atoms with Crippen LogP contribution in [0.1, 0.15) is 10.6 Å². The molecule has 0 aliphatic carbocycles. The average molecular weight is 172 g/mol. The summed E-state index contributed by atoms with van der Waals surface area (Å²) in [6, 6.07) is 0. The van der Waals surface area contributed by atoms with Crippen LogP contribution in [0.5, 0.6) is 11.5 Å². The molecule has 0 spiro atoms. The Hall–Kier alpha value is -1.98. The minimum Gasteiger partial charge on any atom is -0.502 e. The Labute approximate surface area is 65.3 Å². The Kier molecular flexibility index (Phi) is 1.74. The quantitative estimate of drug-likeness (QED) is 0.539. The van der Waals surface area contributed by atoms with Crippen LogP contribution in [0.2, 0.25) is 0 Å². The molecule has 3 N–H and O–H groups in total. The fourth-order valence-corrected chi connectivity index (χ4v) is 0.600. The lowest BCUT2D eigenvalue weighted by Crippen LogP contribution is -2.06. The van der Waals surface area contributed by atoms with Crippen LogP contribution in [0.4, 0.5) is 0 Å². The van der Waals surface area contributed by atoms with Gasteiger partial charge in [0.15, 0.2) is 0 Å². The Morgan fingerprint density at radius 2 is 2.00 bits per heavy atom. The van der Waals surface area contributed by atoms with E-state index < -0.39 is 28.7 Å². The summed E-state index contributed by atoms with van der Waals surface area (Å²) < 4.78 is 4.23. The molecule has 1 rings (SSSR count). The van der Waals surface area contributed by atoms with Gasteiger partial charge >= 0.3 is 5.97 Å². The van der Waals surface area contributed by atoms with Gasteiger partial charge in [0.2, 0.25) is 11.5 Å². The summed E-state index contributed by atoms with van der Waals surface area (Å²) in [5.74, 6) is -4.41. The van der Waals surface area contributed by atoms with E-state index in [9.17, 15) is 9.59 Å². The monoisotopic (exact) mass is 172 g/mol. The maximum Gasteiger partial charge on any atom is 0.375 e. The van der Waals surface area contributed by atoms with Gasteiger partial charge in [0.25, 0.3) is 11.2 Å². The van der Waals surface area contributed by atoms with E-state index in [1.165, 1.54) is 0 Å². The van der Waals surface area contributed by atoms with Gasteiger partial charge in [0, 0.05) is 0 Å². The molecule has 6 nitrogen and oxygen atoms in total. The van der Waals surface area contributed by atoms with E-state index in [0.717, 1.165) is 0 Å². The topological polar surface area (TPSA) is 108 Å². The Balaban J connectivity index is 3.47. The van der Waals surface area contributed by atoms with Crippen LogP contribution in [-0.2, 0) is 0 Å². The maximum absolute atomic E-state index is 10.7. The third kappa shape index (κ3) is 1.09.